The Morgan fingerprint density at radius 1 is 1.19 bits per heavy atom. The van der Waals surface area contributed by atoms with E-state index in [4.69, 9.17) is 9.84 Å². The molecule has 1 aliphatic rings. The maximum atomic E-state index is 13.9. The zero-order valence-corrected chi connectivity index (χ0v) is 22.3. The molecule has 0 spiro atoms. The third-order valence-corrected chi connectivity index (χ3v) is 8.97. The molecule has 0 amide bonds. The summed E-state index contributed by atoms with van der Waals surface area (Å²) in [6.07, 6.45) is 2.55. The minimum Gasteiger partial charge on any atom is -0.496 e. The lowest BCUT2D eigenvalue weighted by atomic mass is 9.88. The van der Waals surface area contributed by atoms with Crippen LogP contribution in [0.4, 0.5) is 0 Å². The van der Waals surface area contributed by atoms with Gasteiger partial charge >= 0.3 is 11.9 Å². The van der Waals surface area contributed by atoms with Gasteiger partial charge in [-0.1, -0.05) is 57.0 Å². The first kappa shape index (κ1) is 28.6. The summed E-state index contributed by atoms with van der Waals surface area (Å²) in [5, 5.41) is 24.9. The third kappa shape index (κ3) is 6.68. The van der Waals surface area contributed by atoms with Gasteiger partial charge in [0, 0.05) is 17.6 Å². The normalized spacial score (nSPS) is 21.4. The van der Waals surface area contributed by atoms with Crippen molar-refractivity contribution in [1.82, 2.24) is 10.6 Å². The maximum absolute atomic E-state index is 13.9. The van der Waals surface area contributed by atoms with Gasteiger partial charge in [-0.2, -0.15) is 0 Å². The minimum atomic E-state index is -3.75. The molecule has 4 N–H and O–H groups in total. The van der Waals surface area contributed by atoms with Gasteiger partial charge in [0.1, 0.15) is 11.8 Å². The Morgan fingerprint density at radius 3 is 2.46 bits per heavy atom. The Kier molecular flexibility index (Phi) is 9.33. The van der Waals surface area contributed by atoms with E-state index in [1.807, 2.05) is 37.3 Å². The van der Waals surface area contributed by atoms with E-state index in [9.17, 15) is 23.1 Å². The van der Waals surface area contributed by atoms with Gasteiger partial charge in [0.05, 0.1) is 30.2 Å². The molecule has 2 aromatic rings. The van der Waals surface area contributed by atoms with Gasteiger partial charge in [0.15, 0.2) is 9.84 Å². The lowest BCUT2D eigenvalue weighted by Crippen LogP contribution is -2.50. The number of nitrogens with one attached hydrogen (secondary N) is 2. The zero-order valence-electron chi connectivity index (χ0n) is 21.5. The highest BCUT2D eigenvalue weighted by Gasteiger charge is 2.42. The highest BCUT2D eigenvalue weighted by molar-refractivity contribution is 7.91. The zero-order chi connectivity index (χ0) is 27.2. The Balaban J connectivity index is 2.14. The second kappa shape index (κ2) is 12.1. The predicted molar refractivity (Wildman–Crippen MR) is 140 cm³/mol. The molecule has 37 heavy (non-hydrogen) atoms. The van der Waals surface area contributed by atoms with E-state index in [2.05, 4.69) is 17.6 Å². The summed E-state index contributed by atoms with van der Waals surface area (Å²) in [4.78, 5) is 22.8. The molecule has 10 heteroatoms. The smallest absolute Gasteiger partial charge is 0.321 e. The van der Waals surface area contributed by atoms with Crippen molar-refractivity contribution in [3.8, 4) is 5.75 Å². The number of hydrogen-bond acceptors (Lipinski definition) is 7. The summed E-state index contributed by atoms with van der Waals surface area (Å²) < 4.78 is 33.4. The molecule has 0 radical (unpaired) electrons. The molecular weight excluding hydrogens is 496 g/mol. The molecule has 3 rings (SSSR count). The highest BCUT2D eigenvalue weighted by atomic mass is 32.2. The Morgan fingerprint density at radius 2 is 1.89 bits per heavy atom. The lowest BCUT2D eigenvalue weighted by Gasteiger charge is -2.36. The summed E-state index contributed by atoms with van der Waals surface area (Å²) >= 11 is 0. The van der Waals surface area contributed by atoms with E-state index in [0.29, 0.717) is 29.7 Å². The van der Waals surface area contributed by atoms with Crippen LogP contribution in [0.25, 0.3) is 0 Å². The monoisotopic (exact) mass is 532 g/mol. The molecule has 0 aromatic heterocycles. The fourth-order valence-electron chi connectivity index (χ4n) is 4.91. The van der Waals surface area contributed by atoms with Crippen LogP contribution >= 0.6 is 0 Å². The summed E-state index contributed by atoms with van der Waals surface area (Å²) in [6.45, 7) is 4.01. The van der Waals surface area contributed by atoms with Crippen molar-refractivity contribution < 1.29 is 33.0 Å². The number of benzene rings is 2. The van der Waals surface area contributed by atoms with Crippen LogP contribution in [-0.4, -0.2) is 55.0 Å². The topological polar surface area (TPSA) is 142 Å². The molecule has 202 valence electrons. The highest BCUT2D eigenvalue weighted by Crippen LogP contribution is 2.40. The van der Waals surface area contributed by atoms with E-state index >= 15 is 0 Å². The second-order valence-corrected chi connectivity index (χ2v) is 11.5. The molecule has 0 saturated carbocycles. The molecule has 0 unspecified atom stereocenters. The first-order chi connectivity index (χ1) is 17.6. The molecule has 0 fully saturated rings. The number of carbonyl (C=O) groups is 2. The van der Waals surface area contributed by atoms with Crippen LogP contribution in [0.1, 0.15) is 68.7 Å². The van der Waals surface area contributed by atoms with Crippen LogP contribution < -0.4 is 15.4 Å². The predicted octanol–water partition coefficient (Wildman–Crippen LogP) is 3.52. The van der Waals surface area contributed by atoms with Crippen LogP contribution in [-0.2, 0) is 26.0 Å². The van der Waals surface area contributed by atoms with Gasteiger partial charge in [0.2, 0.25) is 0 Å². The number of methoxy groups -OCH3 is 1. The molecule has 0 saturated heterocycles. The van der Waals surface area contributed by atoms with Gasteiger partial charge in [-0.25, -0.2) is 8.42 Å². The third-order valence-electron chi connectivity index (χ3n) is 7.01. The molecule has 0 bridgehead atoms. The van der Waals surface area contributed by atoms with Crippen molar-refractivity contribution in [2.45, 2.75) is 75.0 Å². The first-order valence-electron chi connectivity index (χ1n) is 12.5. The van der Waals surface area contributed by atoms with Gasteiger partial charge in [-0.05, 0) is 36.1 Å². The van der Waals surface area contributed by atoms with E-state index in [0.717, 1.165) is 18.4 Å². The Bertz CT molecular complexity index is 1220. The Hall–Kier alpha value is -2.95. The summed E-state index contributed by atoms with van der Waals surface area (Å²) in [7, 11) is -2.28. The largest absolute Gasteiger partial charge is 0.496 e. The van der Waals surface area contributed by atoms with E-state index in [1.54, 1.807) is 12.1 Å². The maximum Gasteiger partial charge on any atom is 0.321 e. The first-order valence-corrected chi connectivity index (χ1v) is 14.1. The number of sulfone groups is 1. The molecule has 2 aromatic carbocycles. The quantitative estimate of drug-likeness (QED) is 0.323. The van der Waals surface area contributed by atoms with Crippen LogP contribution in [0.2, 0.25) is 0 Å². The molecule has 3 atom stereocenters. The van der Waals surface area contributed by atoms with Crippen molar-refractivity contribution in [1.29, 1.82) is 0 Å². The van der Waals surface area contributed by atoms with Gasteiger partial charge < -0.3 is 14.9 Å². The fourth-order valence-corrected chi connectivity index (χ4v) is 7.08. The summed E-state index contributed by atoms with van der Waals surface area (Å²) in [5.74, 6) is -2.24. The van der Waals surface area contributed by atoms with Crippen molar-refractivity contribution in [2.75, 3.05) is 12.9 Å². The van der Waals surface area contributed by atoms with Crippen LogP contribution in [0, 0.1) is 0 Å². The SMILES string of the molecule is CCCC[C@]1(CC)CS(=O)(=O)c2cc(CN[C@@H](CC(=O)O)C(=O)O)c(OC)cc2[C@@H](c2ccccc2)N1. The number of hydrogen-bond donors (Lipinski definition) is 4. The van der Waals surface area contributed by atoms with Crippen molar-refractivity contribution in [3.05, 3.63) is 59.2 Å². The number of carboxylic acids is 2. The molecule has 1 heterocycles. The lowest BCUT2D eigenvalue weighted by molar-refractivity contribution is -0.146. The molecular formula is C27H36N2O7S. The van der Waals surface area contributed by atoms with Crippen LogP contribution in [0.3, 0.4) is 0 Å². The molecule has 9 nitrogen and oxygen atoms in total. The standard InChI is InChI=1S/C27H36N2O7S/c1-4-6-12-27(5-2)17-37(34,35)23-13-19(16-28-21(26(32)33)15-24(30)31)22(36-3)14-20(23)25(29-27)18-10-8-7-9-11-18/h7-11,13-14,21,25,28-29H,4-6,12,15-17H2,1-3H3,(H,30,31)(H,32,33)/t21-,25+,27+/m0/s1. The molecule has 1 aliphatic heterocycles. The van der Waals surface area contributed by atoms with Crippen molar-refractivity contribution in [3.63, 3.8) is 0 Å². The molecule has 0 aliphatic carbocycles. The summed E-state index contributed by atoms with van der Waals surface area (Å²) in [6, 6.07) is 11.2. The number of rotatable bonds is 12. The van der Waals surface area contributed by atoms with Crippen molar-refractivity contribution in [2.24, 2.45) is 0 Å². The number of unbranched alkanes of at least 4 members (excludes halogenated alkanes) is 1. The van der Waals surface area contributed by atoms with Crippen LogP contribution in [0.15, 0.2) is 47.4 Å². The fraction of sp³-hybridized carbons (Fsp3) is 0.481. The van der Waals surface area contributed by atoms with Gasteiger partial charge in [-0.3, -0.25) is 20.2 Å². The Labute approximate surface area is 218 Å². The number of fused-ring (bicyclic) bond motifs is 1. The van der Waals surface area contributed by atoms with E-state index < -0.39 is 45.8 Å². The number of ether oxygens (including phenoxy) is 1. The van der Waals surface area contributed by atoms with Crippen LogP contribution in [0.5, 0.6) is 5.75 Å². The number of carboxylic acid groups (broad SMARTS) is 2. The number of aliphatic carboxylic acids is 2. The second-order valence-electron chi connectivity index (χ2n) is 9.56. The average Bonchev–Trinajstić information content (AvgIpc) is 2.96. The van der Waals surface area contributed by atoms with E-state index in [-0.39, 0.29) is 17.2 Å². The van der Waals surface area contributed by atoms with Gasteiger partial charge in [0.25, 0.3) is 0 Å². The minimum absolute atomic E-state index is 0.0667. The average molecular weight is 533 g/mol. The van der Waals surface area contributed by atoms with E-state index in [1.165, 1.54) is 7.11 Å². The summed E-state index contributed by atoms with van der Waals surface area (Å²) in [5.41, 5.74) is 1.30. The van der Waals surface area contributed by atoms with Crippen molar-refractivity contribution >= 4 is 21.8 Å². The van der Waals surface area contributed by atoms with Gasteiger partial charge in [-0.15, -0.1) is 0 Å².